The summed E-state index contributed by atoms with van der Waals surface area (Å²) in [5, 5.41) is 2.88. The van der Waals surface area contributed by atoms with E-state index in [1.54, 1.807) is 11.9 Å². The molecule has 5 nitrogen and oxygen atoms in total. The molecule has 0 fully saturated rings. The second-order valence-electron chi connectivity index (χ2n) is 4.44. The molecule has 0 unspecified atom stereocenters. The van der Waals surface area contributed by atoms with Gasteiger partial charge in [-0.2, -0.15) is 15.0 Å². The molecule has 1 heterocycles. The lowest BCUT2D eigenvalue weighted by Crippen LogP contribution is -2.15. The molecule has 1 aromatic heterocycles. The molecule has 0 aliphatic heterocycles. The first-order valence-corrected chi connectivity index (χ1v) is 5.88. The first-order chi connectivity index (χ1) is 8.99. The van der Waals surface area contributed by atoms with Crippen LogP contribution in [0.25, 0.3) is 11.4 Å². The summed E-state index contributed by atoms with van der Waals surface area (Å²) in [5.41, 5.74) is 1.47. The minimum atomic E-state index is -0.298. The summed E-state index contributed by atoms with van der Waals surface area (Å²) in [6, 6.07) is 4.73. The van der Waals surface area contributed by atoms with Gasteiger partial charge in [0.25, 0.3) is 0 Å². The number of halogens is 1. The Morgan fingerprint density at radius 3 is 2.42 bits per heavy atom. The van der Waals surface area contributed by atoms with Crippen molar-refractivity contribution in [1.82, 2.24) is 15.0 Å². The quantitative estimate of drug-likeness (QED) is 0.917. The molecule has 19 heavy (non-hydrogen) atoms. The molecular weight excluding hydrogens is 245 g/mol. The fraction of sp³-hybridized carbons (Fsp3) is 0.308. The molecule has 0 bridgehead atoms. The van der Waals surface area contributed by atoms with Crippen LogP contribution < -0.4 is 10.2 Å². The second-order valence-corrected chi connectivity index (χ2v) is 4.44. The number of hydrogen-bond donors (Lipinski definition) is 1. The number of hydrogen-bond acceptors (Lipinski definition) is 5. The standard InChI is InChI=1S/C13H16FN5/c1-8-5-9(7-10(14)6-8)11-16-12(15-2)18-13(17-11)19(3)4/h5-7H,1-4H3,(H,15,16,17,18). The molecule has 0 radical (unpaired) electrons. The van der Waals surface area contributed by atoms with Crippen molar-refractivity contribution in [2.45, 2.75) is 6.92 Å². The zero-order chi connectivity index (χ0) is 14.0. The fourth-order valence-electron chi connectivity index (χ4n) is 1.67. The maximum atomic E-state index is 13.5. The van der Waals surface area contributed by atoms with Gasteiger partial charge in [0.2, 0.25) is 11.9 Å². The van der Waals surface area contributed by atoms with Crippen molar-refractivity contribution < 1.29 is 4.39 Å². The summed E-state index contributed by atoms with van der Waals surface area (Å²) < 4.78 is 13.5. The average molecular weight is 261 g/mol. The zero-order valence-electron chi connectivity index (χ0n) is 11.4. The zero-order valence-corrected chi connectivity index (χ0v) is 11.4. The van der Waals surface area contributed by atoms with E-state index in [9.17, 15) is 4.39 Å². The summed E-state index contributed by atoms with van der Waals surface area (Å²) in [4.78, 5) is 14.6. The molecule has 0 aliphatic rings. The van der Waals surface area contributed by atoms with Crippen LogP contribution in [0.1, 0.15) is 5.56 Å². The van der Waals surface area contributed by atoms with Crippen LogP contribution in [-0.2, 0) is 0 Å². The fourth-order valence-corrected chi connectivity index (χ4v) is 1.67. The van der Waals surface area contributed by atoms with E-state index in [2.05, 4.69) is 20.3 Å². The molecule has 0 aliphatic carbocycles. The molecule has 0 amide bonds. The third kappa shape index (κ3) is 2.96. The molecule has 0 saturated carbocycles. The number of aromatic nitrogens is 3. The van der Waals surface area contributed by atoms with Crippen molar-refractivity contribution in [2.24, 2.45) is 0 Å². The molecule has 100 valence electrons. The van der Waals surface area contributed by atoms with Crippen molar-refractivity contribution in [3.05, 3.63) is 29.6 Å². The summed E-state index contributed by atoms with van der Waals surface area (Å²) in [5.74, 6) is 1.13. The second kappa shape index (κ2) is 5.17. The number of nitrogens with one attached hydrogen (secondary N) is 1. The number of anilines is 2. The lowest BCUT2D eigenvalue weighted by Gasteiger charge is -2.12. The van der Waals surface area contributed by atoms with Crippen molar-refractivity contribution >= 4 is 11.9 Å². The number of aryl methyl sites for hydroxylation is 1. The van der Waals surface area contributed by atoms with Gasteiger partial charge >= 0.3 is 0 Å². The SMILES string of the molecule is CNc1nc(-c2cc(C)cc(F)c2)nc(N(C)C)n1. The summed E-state index contributed by atoms with van der Waals surface area (Å²) >= 11 is 0. The highest BCUT2D eigenvalue weighted by atomic mass is 19.1. The largest absolute Gasteiger partial charge is 0.357 e. The predicted molar refractivity (Wildman–Crippen MR) is 73.8 cm³/mol. The first kappa shape index (κ1) is 13.2. The van der Waals surface area contributed by atoms with E-state index in [-0.39, 0.29) is 5.82 Å². The van der Waals surface area contributed by atoms with E-state index in [0.717, 1.165) is 5.56 Å². The van der Waals surface area contributed by atoms with Crippen molar-refractivity contribution in [1.29, 1.82) is 0 Å². The lowest BCUT2D eigenvalue weighted by atomic mass is 10.1. The molecule has 0 spiro atoms. The Bertz CT molecular complexity index is 577. The van der Waals surface area contributed by atoms with Crippen molar-refractivity contribution in [3.63, 3.8) is 0 Å². The Kier molecular flexibility index (Phi) is 3.59. The molecular formula is C13H16FN5. The van der Waals surface area contributed by atoms with Crippen LogP contribution in [-0.4, -0.2) is 36.1 Å². The molecule has 6 heteroatoms. The summed E-state index contributed by atoms with van der Waals surface area (Å²) in [7, 11) is 5.42. The monoisotopic (exact) mass is 261 g/mol. The van der Waals surface area contributed by atoms with E-state index >= 15 is 0 Å². The Morgan fingerprint density at radius 1 is 1.11 bits per heavy atom. The van der Waals surface area contributed by atoms with Crippen molar-refractivity contribution in [2.75, 3.05) is 31.4 Å². The van der Waals surface area contributed by atoms with Gasteiger partial charge in [-0.1, -0.05) is 0 Å². The van der Waals surface area contributed by atoms with Gasteiger partial charge < -0.3 is 10.2 Å². The van der Waals surface area contributed by atoms with Gasteiger partial charge in [0.1, 0.15) is 5.82 Å². The highest BCUT2D eigenvalue weighted by Crippen LogP contribution is 2.21. The normalized spacial score (nSPS) is 10.4. The first-order valence-electron chi connectivity index (χ1n) is 5.88. The van der Waals surface area contributed by atoms with Gasteiger partial charge in [0.15, 0.2) is 5.82 Å². The van der Waals surface area contributed by atoms with Crippen molar-refractivity contribution in [3.8, 4) is 11.4 Å². The maximum absolute atomic E-state index is 13.5. The average Bonchev–Trinajstić information content (AvgIpc) is 2.37. The third-order valence-electron chi connectivity index (χ3n) is 2.55. The van der Waals surface area contributed by atoms with Gasteiger partial charge in [-0.3, -0.25) is 0 Å². The molecule has 1 aromatic carbocycles. The molecule has 2 aromatic rings. The Labute approximate surface area is 111 Å². The van der Waals surface area contributed by atoms with Gasteiger partial charge in [0, 0.05) is 26.7 Å². The highest BCUT2D eigenvalue weighted by molar-refractivity contribution is 5.59. The third-order valence-corrected chi connectivity index (χ3v) is 2.55. The number of rotatable bonds is 3. The maximum Gasteiger partial charge on any atom is 0.230 e. The van der Waals surface area contributed by atoms with Crippen LogP contribution in [0.5, 0.6) is 0 Å². The lowest BCUT2D eigenvalue weighted by molar-refractivity contribution is 0.627. The van der Waals surface area contributed by atoms with E-state index < -0.39 is 0 Å². The van der Waals surface area contributed by atoms with Crippen LogP contribution in [0.3, 0.4) is 0 Å². The van der Waals surface area contributed by atoms with Gasteiger partial charge in [-0.15, -0.1) is 0 Å². The minimum absolute atomic E-state index is 0.298. The summed E-state index contributed by atoms with van der Waals surface area (Å²) in [6.45, 7) is 1.83. The Hall–Kier alpha value is -2.24. The molecule has 2 rings (SSSR count). The summed E-state index contributed by atoms with van der Waals surface area (Å²) in [6.07, 6.45) is 0. The minimum Gasteiger partial charge on any atom is -0.357 e. The molecule has 0 saturated heterocycles. The van der Waals surface area contributed by atoms with Crippen LogP contribution in [0.15, 0.2) is 18.2 Å². The predicted octanol–water partition coefficient (Wildman–Crippen LogP) is 2.09. The van der Waals surface area contributed by atoms with E-state index in [1.165, 1.54) is 12.1 Å². The van der Waals surface area contributed by atoms with Gasteiger partial charge in [-0.05, 0) is 30.7 Å². The van der Waals surface area contributed by atoms with Gasteiger partial charge in [-0.25, -0.2) is 4.39 Å². The van der Waals surface area contributed by atoms with E-state index in [4.69, 9.17) is 0 Å². The van der Waals surface area contributed by atoms with E-state index in [1.807, 2.05) is 27.1 Å². The van der Waals surface area contributed by atoms with Crippen LogP contribution >= 0.6 is 0 Å². The Balaban J connectivity index is 2.57. The van der Waals surface area contributed by atoms with E-state index in [0.29, 0.717) is 23.3 Å². The topological polar surface area (TPSA) is 53.9 Å². The number of nitrogens with zero attached hydrogens (tertiary/aromatic N) is 4. The van der Waals surface area contributed by atoms with Gasteiger partial charge in [0.05, 0.1) is 0 Å². The highest BCUT2D eigenvalue weighted by Gasteiger charge is 2.10. The molecule has 1 N–H and O–H groups in total. The van der Waals surface area contributed by atoms with Crippen LogP contribution in [0.2, 0.25) is 0 Å². The Morgan fingerprint density at radius 2 is 1.84 bits per heavy atom. The number of benzene rings is 1. The smallest absolute Gasteiger partial charge is 0.230 e. The van der Waals surface area contributed by atoms with Crippen LogP contribution in [0, 0.1) is 12.7 Å². The molecule has 0 atom stereocenters. The van der Waals surface area contributed by atoms with Crippen LogP contribution in [0.4, 0.5) is 16.3 Å².